The van der Waals surface area contributed by atoms with Crippen molar-refractivity contribution in [3.8, 4) is 0 Å². The molecule has 4 nitrogen and oxygen atoms in total. The fraction of sp³-hybridized carbons (Fsp3) is 0.929. The standard InChI is InChI=1S/C14H27N3O/c1-10(17(2)13-7-8-13)9-16-14(18)11-3-5-12(15)6-4-11/h10-13H,3-9,15H2,1-2H3,(H,16,18). The average Bonchev–Trinajstić information content (AvgIpc) is 3.19. The van der Waals surface area contributed by atoms with Gasteiger partial charge in [0.1, 0.15) is 0 Å². The third-order valence-electron chi connectivity index (χ3n) is 4.53. The lowest BCUT2D eigenvalue weighted by atomic mass is 9.86. The zero-order valence-corrected chi connectivity index (χ0v) is 11.7. The Morgan fingerprint density at radius 3 is 2.44 bits per heavy atom. The highest BCUT2D eigenvalue weighted by Gasteiger charge is 2.30. The van der Waals surface area contributed by atoms with Crippen LogP contribution in [0.5, 0.6) is 0 Å². The van der Waals surface area contributed by atoms with E-state index in [1.54, 1.807) is 0 Å². The summed E-state index contributed by atoms with van der Waals surface area (Å²) >= 11 is 0. The van der Waals surface area contributed by atoms with E-state index in [2.05, 4.69) is 24.2 Å². The normalized spacial score (nSPS) is 30.2. The van der Waals surface area contributed by atoms with Gasteiger partial charge in [-0.15, -0.1) is 0 Å². The van der Waals surface area contributed by atoms with E-state index in [4.69, 9.17) is 5.73 Å². The summed E-state index contributed by atoms with van der Waals surface area (Å²) in [6.07, 6.45) is 6.54. The zero-order chi connectivity index (χ0) is 13.1. The van der Waals surface area contributed by atoms with Gasteiger partial charge in [-0.25, -0.2) is 0 Å². The van der Waals surface area contributed by atoms with Crippen LogP contribution in [0.4, 0.5) is 0 Å². The van der Waals surface area contributed by atoms with Crippen molar-refractivity contribution in [2.24, 2.45) is 11.7 Å². The first-order valence-electron chi connectivity index (χ1n) is 7.33. The lowest BCUT2D eigenvalue weighted by Crippen LogP contribution is -2.44. The van der Waals surface area contributed by atoms with Crippen LogP contribution in [0.25, 0.3) is 0 Å². The molecule has 0 radical (unpaired) electrons. The highest BCUT2D eigenvalue weighted by molar-refractivity contribution is 5.78. The minimum Gasteiger partial charge on any atom is -0.354 e. The quantitative estimate of drug-likeness (QED) is 0.771. The van der Waals surface area contributed by atoms with E-state index < -0.39 is 0 Å². The van der Waals surface area contributed by atoms with Crippen LogP contribution < -0.4 is 11.1 Å². The second-order valence-corrected chi connectivity index (χ2v) is 6.10. The first kappa shape index (κ1) is 13.8. The Bertz CT molecular complexity index is 283. The van der Waals surface area contributed by atoms with Crippen LogP contribution in [0.1, 0.15) is 45.4 Å². The molecule has 2 saturated carbocycles. The van der Waals surface area contributed by atoms with E-state index in [0.717, 1.165) is 38.3 Å². The number of amides is 1. The summed E-state index contributed by atoms with van der Waals surface area (Å²) in [4.78, 5) is 14.4. The van der Waals surface area contributed by atoms with Gasteiger partial charge in [0.15, 0.2) is 0 Å². The summed E-state index contributed by atoms with van der Waals surface area (Å²) in [6.45, 7) is 2.96. The van der Waals surface area contributed by atoms with E-state index in [9.17, 15) is 4.79 Å². The second-order valence-electron chi connectivity index (χ2n) is 6.10. The molecular formula is C14H27N3O. The van der Waals surface area contributed by atoms with Gasteiger partial charge in [-0.2, -0.15) is 0 Å². The Morgan fingerprint density at radius 2 is 1.89 bits per heavy atom. The fourth-order valence-corrected chi connectivity index (χ4v) is 2.76. The molecule has 0 spiro atoms. The Balaban J connectivity index is 1.67. The van der Waals surface area contributed by atoms with Gasteiger partial charge in [-0.1, -0.05) is 0 Å². The number of nitrogens with zero attached hydrogens (tertiary/aromatic N) is 1. The van der Waals surface area contributed by atoms with Gasteiger partial charge >= 0.3 is 0 Å². The first-order chi connectivity index (χ1) is 8.58. The third kappa shape index (κ3) is 3.69. The van der Waals surface area contributed by atoms with Crippen molar-refractivity contribution in [3.63, 3.8) is 0 Å². The molecule has 0 saturated heterocycles. The second kappa shape index (κ2) is 6.02. The van der Waals surface area contributed by atoms with E-state index in [-0.39, 0.29) is 11.8 Å². The Labute approximate surface area is 110 Å². The van der Waals surface area contributed by atoms with Crippen molar-refractivity contribution in [2.75, 3.05) is 13.6 Å². The van der Waals surface area contributed by atoms with Crippen molar-refractivity contribution in [1.82, 2.24) is 10.2 Å². The molecule has 2 aliphatic rings. The number of carbonyl (C=O) groups is 1. The predicted molar refractivity (Wildman–Crippen MR) is 73.2 cm³/mol. The fourth-order valence-electron chi connectivity index (χ4n) is 2.76. The highest BCUT2D eigenvalue weighted by Crippen LogP contribution is 2.27. The van der Waals surface area contributed by atoms with E-state index in [1.165, 1.54) is 12.8 Å². The Hall–Kier alpha value is -0.610. The van der Waals surface area contributed by atoms with Crippen LogP contribution in [-0.4, -0.2) is 42.5 Å². The summed E-state index contributed by atoms with van der Waals surface area (Å²) in [7, 11) is 2.16. The molecule has 104 valence electrons. The maximum Gasteiger partial charge on any atom is 0.223 e. The molecule has 0 aromatic heterocycles. The lowest BCUT2D eigenvalue weighted by Gasteiger charge is -2.28. The summed E-state index contributed by atoms with van der Waals surface area (Å²) in [5, 5.41) is 3.11. The van der Waals surface area contributed by atoms with Crippen LogP contribution in [0, 0.1) is 5.92 Å². The molecule has 0 heterocycles. The molecule has 0 aromatic rings. The largest absolute Gasteiger partial charge is 0.354 e. The molecule has 1 atom stereocenters. The van der Waals surface area contributed by atoms with Crippen molar-refractivity contribution in [3.05, 3.63) is 0 Å². The SMILES string of the molecule is CC(CNC(=O)C1CCC(N)CC1)N(C)C1CC1. The van der Waals surface area contributed by atoms with Gasteiger partial charge in [0, 0.05) is 30.6 Å². The molecule has 18 heavy (non-hydrogen) atoms. The van der Waals surface area contributed by atoms with Gasteiger partial charge in [0.25, 0.3) is 0 Å². The minimum absolute atomic E-state index is 0.197. The molecule has 2 rings (SSSR count). The van der Waals surface area contributed by atoms with Crippen molar-refractivity contribution < 1.29 is 4.79 Å². The highest BCUT2D eigenvalue weighted by atomic mass is 16.1. The van der Waals surface area contributed by atoms with Gasteiger partial charge < -0.3 is 11.1 Å². The summed E-state index contributed by atoms with van der Waals surface area (Å²) in [6, 6.07) is 1.51. The number of carbonyl (C=O) groups excluding carboxylic acids is 1. The van der Waals surface area contributed by atoms with Crippen LogP contribution in [-0.2, 0) is 4.79 Å². The number of hydrogen-bond donors (Lipinski definition) is 2. The van der Waals surface area contributed by atoms with E-state index >= 15 is 0 Å². The molecule has 0 aliphatic heterocycles. The number of nitrogens with one attached hydrogen (secondary N) is 1. The van der Waals surface area contributed by atoms with Gasteiger partial charge in [-0.05, 0) is 52.5 Å². The number of nitrogens with two attached hydrogens (primary N) is 1. The van der Waals surface area contributed by atoms with Crippen molar-refractivity contribution in [1.29, 1.82) is 0 Å². The molecule has 3 N–H and O–H groups in total. The monoisotopic (exact) mass is 253 g/mol. The van der Waals surface area contributed by atoms with Crippen molar-refractivity contribution >= 4 is 5.91 Å². The van der Waals surface area contributed by atoms with Gasteiger partial charge in [0.2, 0.25) is 5.91 Å². The summed E-state index contributed by atoms with van der Waals surface area (Å²) in [5.41, 5.74) is 5.86. The van der Waals surface area contributed by atoms with Gasteiger partial charge in [0.05, 0.1) is 0 Å². The molecule has 0 bridgehead atoms. The average molecular weight is 253 g/mol. The maximum absolute atomic E-state index is 12.0. The smallest absolute Gasteiger partial charge is 0.223 e. The zero-order valence-electron chi connectivity index (χ0n) is 11.7. The Morgan fingerprint density at radius 1 is 1.28 bits per heavy atom. The molecule has 0 aromatic carbocycles. The van der Waals surface area contributed by atoms with E-state index in [0.29, 0.717) is 12.1 Å². The number of rotatable bonds is 5. The predicted octanol–water partition coefficient (Wildman–Crippen LogP) is 1.10. The molecule has 2 aliphatic carbocycles. The summed E-state index contributed by atoms with van der Waals surface area (Å²) in [5.74, 6) is 0.432. The number of likely N-dealkylation sites (N-methyl/N-ethyl adjacent to an activating group) is 1. The number of hydrogen-bond acceptors (Lipinski definition) is 3. The molecular weight excluding hydrogens is 226 g/mol. The molecule has 1 unspecified atom stereocenters. The molecule has 1 amide bonds. The Kier molecular flexibility index (Phi) is 4.62. The lowest BCUT2D eigenvalue weighted by molar-refractivity contribution is -0.126. The first-order valence-corrected chi connectivity index (χ1v) is 7.33. The van der Waals surface area contributed by atoms with Crippen LogP contribution >= 0.6 is 0 Å². The van der Waals surface area contributed by atoms with Crippen LogP contribution in [0.15, 0.2) is 0 Å². The van der Waals surface area contributed by atoms with Crippen LogP contribution in [0.2, 0.25) is 0 Å². The van der Waals surface area contributed by atoms with E-state index in [1.807, 2.05) is 0 Å². The molecule has 2 fully saturated rings. The molecule has 4 heteroatoms. The minimum atomic E-state index is 0.197. The van der Waals surface area contributed by atoms with Gasteiger partial charge in [-0.3, -0.25) is 9.69 Å². The maximum atomic E-state index is 12.0. The third-order valence-corrected chi connectivity index (χ3v) is 4.53. The summed E-state index contributed by atoms with van der Waals surface area (Å²) < 4.78 is 0. The van der Waals surface area contributed by atoms with Crippen molar-refractivity contribution in [2.45, 2.75) is 63.6 Å². The van der Waals surface area contributed by atoms with Crippen LogP contribution in [0.3, 0.4) is 0 Å². The topological polar surface area (TPSA) is 58.4 Å².